The maximum atomic E-state index is 12.7. The van der Waals surface area contributed by atoms with E-state index < -0.39 is 10.0 Å². The van der Waals surface area contributed by atoms with E-state index in [2.05, 4.69) is 19.7 Å². The Labute approximate surface area is 168 Å². The predicted octanol–water partition coefficient (Wildman–Crippen LogP) is -0.196. The van der Waals surface area contributed by atoms with Gasteiger partial charge >= 0.3 is 0 Å². The van der Waals surface area contributed by atoms with Gasteiger partial charge in [0.25, 0.3) is 5.91 Å². The molecule has 10 nitrogen and oxygen atoms in total. The number of aromatic nitrogens is 4. The van der Waals surface area contributed by atoms with Crippen LogP contribution in [0.3, 0.4) is 0 Å². The van der Waals surface area contributed by atoms with Crippen molar-refractivity contribution in [2.75, 3.05) is 32.4 Å². The van der Waals surface area contributed by atoms with E-state index in [0.717, 1.165) is 11.6 Å². The molecule has 0 radical (unpaired) electrons. The summed E-state index contributed by atoms with van der Waals surface area (Å²) in [5.74, 6) is 1.77. The van der Waals surface area contributed by atoms with Crippen molar-refractivity contribution in [3.8, 4) is 0 Å². The van der Waals surface area contributed by atoms with Crippen molar-refractivity contribution in [3.63, 3.8) is 0 Å². The summed E-state index contributed by atoms with van der Waals surface area (Å²) in [6, 6.07) is 2.88. The Balaban J connectivity index is 1.45. The minimum absolute atomic E-state index is 0.122. The third-order valence-electron chi connectivity index (χ3n) is 5.66. The van der Waals surface area contributed by atoms with Gasteiger partial charge in [-0.3, -0.25) is 9.59 Å². The lowest BCUT2D eigenvalue weighted by Crippen LogP contribution is -2.38. The Bertz CT molecular complexity index is 1050. The molecule has 2 aromatic heterocycles. The van der Waals surface area contributed by atoms with E-state index in [4.69, 9.17) is 0 Å². The number of fused-ring (bicyclic) bond motifs is 1. The quantitative estimate of drug-likeness (QED) is 0.734. The number of hydrogen-bond donors (Lipinski definition) is 1. The maximum Gasteiger partial charge on any atom is 0.255 e. The van der Waals surface area contributed by atoms with Crippen LogP contribution in [0.2, 0.25) is 0 Å². The fourth-order valence-electron chi connectivity index (χ4n) is 4.02. The van der Waals surface area contributed by atoms with Crippen LogP contribution in [0, 0.1) is 0 Å². The van der Waals surface area contributed by atoms with Crippen LogP contribution in [0.5, 0.6) is 0 Å². The predicted molar refractivity (Wildman–Crippen MR) is 105 cm³/mol. The van der Waals surface area contributed by atoms with Crippen molar-refractivity contribution < 1.29 is 13.2 Å². The van der Waals surface area contributed by atoms with Crippen LogP contribution < -0.4 is 5.56 Å². The van der Waals surface area contributed by atoms with Gasteiger partial charge in [-0.2, -0.15) is 0 Å². The summed E-state index contributed by atoms with van der Waals surface area (Å²) in [5, 5.41) is 8.72. The molecule has 1 N–H and O–H groups in total. The van der Waals surface area contributed by atoms with Gasteiger partial charge < -0.3 is 14.5 Å². The van der Waals surface area contributed by atoms with Gasteiger partial charge in [0.05, 0.1) is 11.8 Å². The molecule has 4 rings (SSSR count). The molecule has 1 saturated heterocycles. The standard InChI is InChI=1S/C18H24N6O4S/c1-29(27,28)23-8-4-13(5-9-23)17-21-20-15-6-7-22(10-11-24(15)17)18(26)14-2-3-16(25)19-12-14/h2-3,12-13H,4-11H2,1H3,(H,19,25). The summed E-state index contributed by atoms with van der Waals surface area (Å²) in [4.78, 5) is 28.3. The van der Waals surface area contributed by atoms with Crippen molar-refractivity contribution >= 4 is 15.9 Å². The number of nitrogens with one attached hydrogen (secondary N) is 1. The molecule has 0 spiro atoms. The lowest BCUT2D eigenvalue weighted by atomic mass is 9.97. The van der Waals surface area contributed by atoms with E-state index in [1.54, 1.807) is 4.90 Å². The molecule has 1 amide bonds. The third-order valence-corrected chi connectivity index (χ3v) is 6.96. The van der Waals surface area contributed by atoms with Crippen molar-refractivity contribution in [2.24, 2.45) is 0 Å². The molecule has 29 heavy (non-hydrogen) atoms. The van der Waals surface area contributed by atoms with Gasteiger partial charge in [0.15, 0.2) is 0 Å². The minimum atomic E-state index is -3.16. The zero-order chi connectivity index (χ0) is 20.6. The number of carbonyl (C=O) groups is 1. The number of aromatic amines is 1. The number of sulfonamides is 1. The number of nitrogens with zero attached hydrogens (tertiary/aromatic N) is 5. The average molecular weight is 420 g/mol. The molecule has 0 aliphatic carbocycles. The zero-order valence-electron chi connectivity index (χ0n) is 16.2. The summed E-state index contributed by atoms with van der Waals surface area (Å²) in [6.45, 7) is 2.63. The molecule has 1 fully saturated rings. The number of rotatable bonds is 3. The zero-order valence-corrected chi connectivity index (χ0v) is 17.1. The van der Waals surface area contributed by atoms with Crippen LogP contribution in [-0.4, -0.2) is 75.7 Å². The molecule has 0 aromatic carbocycles. The summed E-state index contributed by atoms with van der Waals surface area (Å²) < 4.78 is 27.0. The van der Waals surface area contributed by atoms with Gasteiger partial charge in [-0.05, 0) is 18.9 Å². The molecule has 11 heteroatoms. The molecule has 2 aliphatic rings. The van der Waals surface area contributed by atoms with Crippen LogP contribution in [0.1, 0.15) is 40.8 Å². The fourth-order valence-corrected chi connectivity index (χ4v) is 4.90. The minimum Gasteiger partial charge on any atom is -0.336 e. The van der Waals surface area contributed by atoms with E-state index in [0.29, 0.717) is 57.5 Å². The average Bonchev–Trinajstić information content (AvgIpc) is 2.99. The van der Waals surface area contributed by atoms with E-state index >= 15 is 0 Å². The van der Waals surface area contributed by atoms with Crippen molar-refractivity contribution in [3.05, 3.63) is 45.9 Å². The molecule has 4 heterocycles. The SMILES string of the molecule is CS(=O)(=O)N1CCC(c2nnc3n2CCN(C(=O)c2ccc(=O)[nH]c2)CC3)CC1. The number of piperidine rings is 1. The highest BCUT2D eigenvalue weighted by Gasteiger charge is 2.30. The monoisotopic (exact) mass is 420 g/mol. The van der Waals surface area contributed by atoms with Crippen molar-refractivity contribution in [2.45, 2.75) is 31.7 Å². The van der Waals surface area contributed by atoms with Gasteiger partial charge in [0, 0.05) is 57.3 Å². The Morgan fingerprint density at radius 1 is 1.10 bits per heavy atom. The first-order valence-corrected chi connectivity index (χ1v) is 11.5. The first-order chi connectivity index (χ1) is 13.8. The third kappa shape index (κ3) is 4.10. The summed E-state index contributed by atoms with van der Waals surface area (Å²) in [5.41, 5.74) is 0.214. The number of hydrogen-bond acceptors (Lipinski definition) is 6. The topological polar surface area (TPSA) is 121 Å². The van der Waals surface area contributed by atoms with E-state index in [1.807, 2.05) is 0 Å². The molecule has 0 unspecified atom stereocenters. The van der Waals surface area contributed by atoms with Gasteiger partial charge in [0.1, 0.15) is 11.6 Å². The molecular weight excluding hydrogens is 396 g/mol. The molecule has 0 atom stereocenters. The smallest absolute Gasteiger partial charge is 0.255 e. The highest BCUT2D eigenvalue weighted by molar-refractivity contribution is 7.88. The molecule has 2 aliphatic heterocycles. The molecule has 2 aromatic rings. The Morgan fingerprint density at radius 2 is 1.86 bits per heavy atom. The number of pyridine rings is 1. The fraction of sp³-hybridized carbons (Fsp3) is 0.556. The summed E-state index contributed by atoms with van der Waals surface area (Å²) in [7, 11) is -3.16. The Kier molecular flexibility index (Phi) is 5.26. The van der Waals surface area contributed by atoms with Gasteiger partial charge in [-0.1, -0.05) is 0 Å². The number of amides is 1. The van der Waals surface area contributed by atoms with Crippen molar-refractivity contribution in [1.82, 2.24) is 29.0 Å². The van der Waals surface area contributed by atoms with Crippen LogP contribution in [0.15, 0.2) is 23.1 Å². The van der Waals surface area contributed by atoms with Gasteiger partial charge in [0.2, 0.25) is 15.6 Å². The van der Waals surface area contributed by atoms with Crippen LogP contribution in [-0.2, 0) is 23.0 Å². The number of H-pyrrole nitrogens is 1. The second-order valence-electron chi connectivity index (χ2n) is 7.55. The van der Waals surface area contributed by atoms with Gasteiger partial charge in [-0.15, -0.1) is 10.2 Å². The Hall–Kier alpha value is -2.53. The van der Waals surface area contributed by atoms with E-state index in [9.17, 15) is 18.0 Å². The van der Waals surface area contributed by atoms with Crippen LogP contribution in [0.25, 0.3) is 0 Å². The van der Waals surface area contributed by atoms with E-state index in [1.165, 1.54) is 28.9 Å². The lowest BCUT2D eigenvalue weighted by Gasteiger charge is -2.30. The molecular formula is C18H24N6O4S. The molecule has 156 valence electrons. The summed E-state index contributed by atoms with van der Waals surface area (Å²) >= 11 is 0. The number of carbonyl (C=O) groups excluding carboxylic acids is 1. The first kappa shape index (κ1) is 19.8. The maximum absolute atomic E-state index is 12.7. The van der Waals surface area contributed by atoms with E-state index in [-0.39, 0.29) is 17.4 Å². The molecule has 0 bridgehead atoms. The van der Waals surface area contributed by atoms with Crippen LogP contribution in [0.4, 0.5) is 0 Å². The first-order valence-electron chi connectivity index (χ1n) is 9.68. The normalized spacial score (nSPS) is 19.0. The highest BCUT2D eigenvalue weighted by atomic mass is 32.2. The largest absolute Gasteiger partial charge is 0.336 e. The summed E-state index contributed by atoms with van der Waals surface area (Å²) in [6.07, 6.45) is 4.71. The van der Waals surface area contributed by atoms with Gasteiger partial charge in [-0.25, -0.2) is 12.7 Å². The molecule has 0 saturated carbocycles. The lowest BCUT2D eigenvalue weighted by molar-refractivity contribution is 0.0758. The second kappa shape index (κ2) is 7.71. The van der Waals surface area contributed by atoms with Crippen LogP contribution >= 0.6 is 0 Å². The van der Waals surface area contributed by atoms with Crippen molar-refractivity contribution in [1.29, 1.82) is 0 Å². The Morgan fingerprint density at radius 3 is 2.52 bits per heavy atom. The highest BCUT2D eigenvalue weighted by Crippen LogP contribution is 2.29. The second-order valence-corrected chi connectivity index (χ2v) is 9.53.